The van der Waals surface area contributed by atoms with Crippen molar-refractivity contribution >= 4 is 10.0 Å². The second-order valence-corrected chi connectivity index (χ2v) is 6.76. The lowest BCUT2D eigenvalue weighted by Gasteiger charge is -2.20. The van der Waals surface area contributed by atoms with E-state index in [0.717, 1.165) is 18.9 Å². The number of benzene rings is 1. The van der Waals surface area contributed by atoms with Crippen LogP contribution in [-0.2, 0) is 10.0 Å². The molecule has 0 unspecified atom stereocenters. The molecule has 0 N–H and O–H groups in total. The minimum absolute atomic E-state index is 0.00315. The van der Waals surface area contributed by atoms with Crippen LogP contribution < -0.4 is 0 Å². The Kier molecular flexibility index (Phi) is 3.93. The molecule has 0 spiro atoms. The fraction of sp³-hybridized carbons (Fsp3) is 0.429. The first-order valence-corrected chi connectivity index (χ1v) is 7.59. The molecule has 1 saturated carbocycles. The molecule has 2 rings (SSSR count). The molecule has 0 aliphatic heterocycles. The molecule has 3 nitrogen and oxygen atoms in total. The van der Waals surface area contributed by atoms with Gasteiger partial charge in [-0.3, -0.25) is 0 Å². The summed E-state index contributed by atoms with van der Waals surface area (Å²) in [5.41, 5.74) is 0.527. The first-order chi connectivity index (χ1) is 8.95. The Labute approximate surface area is 113 Å². The van der Waals surface area contributed by atoms with E-state index in [9.17, 15) is 12.8 Å². The number of hydrogen-bond donors (Lipinski definition) is 0. The van der Waals surface area contributed by atoms with E-state index >= 15 is 0 Å². The largest absolute Gasteiger partial charge is 0.244 e. The molecule has 1 fully saturated rings. The fourth-order valence-electron chi connectivity index (χ4n) is 1.93. The highest BCUT2D eigenvalue weighted by molar-refractivity contribution is 7.89. The zero-order chi connectivity index (χ0) is 14.0. The van der Waals surface area contributed by atoms with Crippen molar-refractivity contribution < 1.29 is 12.8 Å². The van der Waals surface area contributed by atoms with Gasteiger partial charge in [-0.2, -0.15) is 4.31 Å². The highest BCUT2D eigenvalue weighted by atomic mass is 32.2. The van der Waals surface area contributed by atoms with E-state index in [1.54, 1.807) is 6.92 Å². The van der Waals surface area contributed by atoms with Gasteiger partial charge in [-0.1, -0.05) is 12.0 Å². The molecule has 102 valence electrons. The van der Waals surface area contributed by atoms with Crippen LogP contribution in [0.5, 0.6) is 0 Å². The van der Waals surface area contributed by atoms with Crippen LogP contribution in [0.4, 0.5) is 4.39 Å². The number of hydrogen-bond acceptors (Lipinski definition) is 2. The summed E-state index contributed by atoms with van der Waals surface area (Å²) in [6.07, 6.45) is 7.29. The van der Waals surface area contributed by atoms with Gasteiger partial charge < -0.3 is 0 Å². The Balaban J connectivity index is 2.37. The number of sulfonamides is 1. The second-order valence-electron chi connectivity index (χ2n) is 4.85. The zero-order valence-electron chi connectivity index (χ0n) is 10.8. The van der Waals surface area contributed by atoms with Crippen molar-refractivity contribution in [2.45, 2.75) is 24.7 Å². The maximum absolute atomic E-state index is 13.3. The van der Waals surface area contributed by atoms with Gasteiger partial charge in [0, 0.05) is 6.54 Å². The molecule has 0 amide bonds. The van der Waals surface area contributed by atoms with Gasteiger partial charge in [-0.05, 0) is 43.4 Å². The van der Waals surface area contributed by atoms with Gasteiger partial charge in [0.25, 0.3) is 0 Å². The third kappa shape index (κ3) is 3.14. The van der Waals surface area contributed by atoms with Crippen molar-refractivity contribution in [1.29, 1.82) is 0 Å². The lowest BCUT2D eigenvalue weighted by atomic mass is 10.2. The van der Waals surface area contributed by atoms with Crippen LogP contribution in [0.1, 0.15) is 18.4 Å². The molecule has 1 aromatic rings. The molecule has 0 bridgehead atoms. The van der Waals surface area contributed by atoms with Gasteiger partial charge in [-0.15, -0.1) is 6.42 Å². The van der Waals surface area contributed by atoms with Crippen molar-refractivity contribution in [1.82, 2.24) is 4.31 Å². The third-order valence-electron chi connectivity index (χ3n) is 3.19. The van der Waals surface area contributed by atoms with Crippen molar-refractivity contribution in [2.75, 3.05) is 13.1 Å². The summed E-state index contributed by atoms with van der Waals surface area (Å²) in [5, 5.41) is 0. The van der Waals surface area contributed by atoms with Crippen LogP contribution in [0.2, 0.25) is 0 Å². The van der Waals surface area contributed by atoms with Gasteiger partial charge in [-0.25, -0.2) is 12.8 Å². The summed E-state index contributed by atoms with van der Waals surface area (Å²) >= 11 is 0. The van der Waals surface area contributed by atoms with Crippen LogP contribution >= 0.6 is 0 Å². The fourth-order valence-corrected chi connectivity index (χ4v) is 3.59. The summed E-state index contributed by atoms with van der Waals surface area (Å²) < 4.78 is 39.6. The van der Waals surface area contributed by atoms with Gasteiger partial charge in [0.1, 0.15) is 5.82 Å². The summed E-state index contributed by atoms with van der Waals surface area (Å²) in [7, 11) is -3.72. The molecule has 0 atom stereocenters. The Morgan fingerprint density at radius 2 is 2.16 bits per heavy atom. The topological polar surface area (TPSA) is 37.4 Å². The number of terminal acetylenes is 1. The van der Waals surface area contributed by atoms with E-state index in [2.05, 4.69) is 5.92 Å². The van der Waals surface area contributed by atoms with Crippen molar-refractivity contribution in [3.8, 4) is 12.3 Å². The predicted molar refractivity (Wildman–Crippen MR) is 71.5 cm³/mol. The van der Waals surface area contributed by atoms with Gasteiger partial charge in [0.2, 0.25) is 10.0 Å². The Hall–Kier alpha value is -1.38. The SMILES string of the molecule is C#CCN(CC1CC1)S(=O)(=O)c1cc(F)ccc1C. The number of nitrogens with zero attached hydrogens (tertiary/aromatic N) is 1. The van der Waals surface area contributed by atoms with Gasteiger partial charge in [0.05, 0.1) is 11.4 Å². The molecule has 19 heavy (non-hydrogen) atoms. The first-order valence-electron chi connectivity index (χ1n) is 6.15. The van der Waals surface area contributed by atoms with Crippen LogP contribution in [-0.4, -0.2) is 25.8 Å². The monoisotopic (exact) mass is 281 g/mol. The van der Waals surface area contributed by atoms with Crippen molar-refractivity contribution in [3.05, 3.63) is 29.6 Å². The first kappa shape index (κ1) is 14.0. The van der Waals surface area contributed by atoms with E-state index in [1.807, 2.05) is 0 Å². The molecule has 5 heteroatoms. The summed E-state index contributed by atoms with van der Waals surface area (Å²) in [6.45, 7) is 2.09. The summed E-state index contributed by atoms with van der Waals surface area (Å²) in [6, 6.07) is 3.77. The minimum Gasteiger partial charge on any atom is -0.207 e. The molecular formula is C14H16FNO2S. The molecular weight excluding hydrogens is 265 g/mol. The van der Waals surface area contributed by atoms with Crippen LogP contribution in [0.3, 0.4) is 0 Å². The van der Waals surface area contributed by atoms with Crippen molar-refractivity contribution in [3.63, 3.8) is 0 Å². The smallest absolute Gasteiger partial charge is 0.207 e. The average molecular weight is 281 g/mol. The lowest BCUT2D eigenvalue weighted by Crippen LogP contribution is -2.33. The molecule has 0 heterocycles. The highest BCUT2D eigenvalue weighted by Crippen LogP contribution is 2.32. The number of aryl methyl sites for hydroxylation is 1. The third-order valence-corrected chi connectivity index (χ3v) is 5.15. The number of rotatable bonds is 5. The normalized spacial score (nSPS) is 15.5. The summed E-state index contributed by atoms with van der Waals surface area (Å²) in [5.74, 6) is 2.19. The van der Waals surface area contributed by atoms with E-state index in [-0.39, 0.29) is 11.4 Å². The summed E-state index contributed by atoms with van der Waals surface area (Å²) in [4.78, 5) is 0.00315. The van der Waals surface area contributed by atoms with Crippen LogP contribution in [0.25, 0.3) is 0 Å². The van der Waals surface area contributed by atoms with E-state index < -0.39 is 15.8 Å². The molecule has 0 radical (unpaired) electrons. The Morgan fingerprint density at radius 3 is 2.74 bits per heavy atom. The van der Waals surface area contributed by atoms with Crippen LogP contribution in [0.15, 0.2) is 23.1 Å². The molecule has 1 aromatic carbocycles. The molecule has 1 aliphatic rings. The van der Waals surface area contributed by atoms with Crippen LogP contribution in [0, 0.1) is 31.0 Å². The highest BCUT2D eigenvalue weighted by Gasteiger charge is 2.32. The standard InChI is InChI=1S/C14H16FNO2S/c1-3-8-16(10-12-5-6-12)19(17,18)14-9-13(15)7-4-11(14)2/h1,4,7,9,12H,5-6,8,10H2,2H3. The Bertz CT molecular complexity index is 615. The predicted octanol–water partition coefficient (Wildman–Crippen LogP) is 2.17. The van der Waals surface area contributed by atoms with E-state index in [0.29, 0.717) is 18.0 Å². The van der Waals surface area contributed by atoms with Gasteiger partial charge >= 0.3 is 0 Å². The van der Waals surface area contributed by atoms with E-state index in [1.165, 1.54) is 16.4 Å². The quantitative estimate of drug-likeness (QED) is 0.776. The molecule has 0 aromatic heterocycles. The second kappa shape index (κ2) is 5.32. The molecule has 0 saturated heterocycles. The average Bonchev–Trinajstić information content (AvgIpc) is 3.15. The molecule has 1 aliphatic carbocycles. The van der Waals surface area contributed by atoms with Crippen molar-refractivity contribution in [2.24, 2.45) is 5.92 Å². The lowest BCUT2D eigenvalue weighted by molar-refractivity contribution is 0.429. The van der Waals surface area contributed by atoms with E-state index in [4.69, 9.17) is 6.42 Å². The van der Waals surface area contributed by atoms with Gasteiger partial charge in [0.15, 0.2) is 0 Å². The zero-order valence-corrected chi connectivity index (χ0v) is 11.6. The maximum atomic E-state index is 13.3. The number of halogens is 1. The Morgan fingerprint density at radius 1 is 1.47 bits per heavy atom. The minimum atomic E-state index is -3.72. The maximum Gasteiger partial charge on any atom is 0.244 e.